The van der Waals surface area contributed by atoms with Gasteiger partial charge in [-0.2, -0.15) is 0 Å². The third-order valence-corrected chi connectivity index (χ3v) is 7.10. The lowest BCUT2D eigenvalue weighted by Gasteiger charge is -2.27. The fraction of sp³-hybridized carbons (Fsp3) is 0.500. The normalized spacial score (nSPS) is 12.4. The smallest absolute Gasteiger partial charge is 0.251 e. The number of benzene rings is 2. The standard InChI is InChI=1S/C26H38N2O3S/c1-6-9-12-21(7-2)18-27-26(29)24-16-14-22(15-17-24)19-28(32(5,30)31)25-20(4)11-10-13-23(25)8-3/h10-11,13-17,21H,6-9,12,18-19H2,1-5H3,(H,27,29)/t21-/m0/s1. The van der Waals surface area contributed by atoms with Crippen LogP contribution < -0.4 is 9.62 Å². The summed E-state index contributed by atoms with van der Waals surface area (Å²) in [5.41, 5.74) is 4.11. The number of carbonyl (C=O) groups is 1. The van der Waals surface area contributed by atoms with Crippen LogP contribution in [0.2, 0.25) is 0 Å². The van der Waals surface area contributed by atoms with Gasteiger partial charge in [0.25, 0.3) is 5.91 Å². The van der Waals surface area contributed by atoms with E-state index in [0.29, 0.717) is 18.0 Å². The molecule has 0 fully saturated rings. The van der Waals surface area contributed by atoms with Gasteiger partial charge in [0.1, 0.15) is 0 Å². The van der Waals surface area contributed by atoms with Gasteiger partial charge in [-0.05, 0) is 54.5 Å². The molecular formula is C26H38N2O3S. The second-order valence-corrected chi connectivity index (χ2v) is 10.4. The molecule has 1 N–H and O–H groups in total. The van der Waals surface area contributed by atoms with Crippen LogP contribution in [0, 0.1) is 12.8 Å². The molecule has 1 amide bonds. The molecule has 0 bridgehead atoms. The number of anilines is 1. The fourth-order valence-corrected chi connectivity index (χ4v) is 4.91. The number of rotatable bonds is 12. The van der Waals surface area contributed by atoms with Crippen LogP contribution in [0.15, 0.2) is 42.5 Å². The molecule has 0 aliphatic heterocycles. The number of amides is 1. The molecular weight excluding hydrogens is 420 g/mol. The van der Waals surface area contributed by atoms with Crippen molar-refractivity contribution < 1.29 is 13.2 Å². The van der Waals surface area contributed by atoms with Crippen molar-refractivity contribution in [3.05, 3.63) is 64.7 Å². The predicted octanol–water partition coefficient (Wildman–Crippen LogP) is 5.47. The number of para-hydroxylation sites is 1. The number of unbranched alkanes of at least 4 members (excludes halogenated alkanes) is 1. The van der Waals surface area contributed by atoms with Crippen LogP contribution in [0.4, 0.5) is 5.69 Å². The first-order chi connectivity index (χ1) is 15.2. The van der Waals surface area contributed by atoms with Crippen molar-refractivity contribution in [2.75, 3.05) is 17.1 Å². The lowest BCUT2D eigenvalue weighted by atomic mass is 9.99. The molecule has 0 saturated carbocycles. The van der Waals surface area contributed by atoms with Gasteiger partial charge in [0, 0.05) is 12.1 Å². The van der Waals surface area contributed by atoms with Crippen LogP contribution in [0.25, 0.3) is 0 Å². The lowest BCUT2D eigenvalue weighted by Crippen LogP contribution is -2.31. The maximum absolute atomic E-state index is 12.6. The van der Waals surface area contributed by atoms with E-state index in [1.54, 1.807) is 12.1 Å². The van der Waals surface area contributed by atoms with Crippen molar-refractivity contribution >= 4 is 21.6 Å². The molecule has 0 saturated heterocycles. The number of aryl methyl sites for hydroxylation is 2. The van der Waals surface area contributed by atoms with E-state index in [0.717, 1.165) is 41.6 Å². The lowest BCUT2D eigenvalue weighted by molar-refractivity contribution is 0.0946. The number of nitrogens with zero attached hydrogens (tertiary/aromatic N) is 1. The molecule has 32 heavy (non-hydrogen) atoms. The Morgan fingerprint density at radius 3 is 2.31 bits per heavy atom. The quantitative estimate of drug-likeness (QED) is 0.459. The molecule has 0 heterocycles. The monoisotopic (exact) mass is 458 g/mol. The average molecular weight is 459 g/mol. The maximum Gasteiger partial charge on any atom is 0.251 e. The summed E-state index contributed by atoms with van der Waals surface area (Å²) in [6.45, 7) is 9.22. The zero-order chi connectivity index (χ0) is 23.7. The van der Waals surface area contributed by atoms with E-state index in [1.807, 2.05) is 44.2 Å². The minimum absolute atomic E-state index is 0.0846. The Bertz CT molecular complexity index is 985. The van der Waals surface area contributed by atoms with Crippen LogP contribution in [-0.2, 0) is 23.0 Å². The van der Waals surface area contributed by atoms with E-state index < -0.39 is 10.0 Å². The van der Waals surface area contributed by atoms with E-state index in [1.165, 1.54) is 23.4 Å². The minimum atomic E-state index is -3.47. The van der Waals surface area contributed by atoms with Gasteiger partial charge in [0.05, 0.1) is 18.5 Å². The van der Waals surface area contributed by atoms with Crippen molar-refractivity contribution in [2.24, 2.45) is 5.92 Å². The highest BCUT2D eigenvalue weighted by Gasteiger charge is 2.22. The van der Waals surface area contributed by atoms with Gasteiger partial charge in [0.2, 0.25) is 10.0 Å². The summed E-state index contributed by atoms with van der Waals surface area (Å²) >= 11 is 0. The summed E-state index contributed by atoms with van der Waals surface area (Å²) in [5, 5.41) is 3.05. The van der Waals surface area contributed by atoms with E-state index in [4.69, 9.17) is 0 Å². The molecule has 2 aromatic carbocycles. The van der Waals surface area contributed by atoms with Crippen LogP contribution in [0.3, 0.4) is 0 Å². The summed E-state index contributed by atoms with van der Waals surface area (Å²) < 4.78 is 26.8. The van der Waals surface area contributed by atoms with Gasteiger partial charge in [0.15, 0.2) is 0 Å². The first kappa shape index (κ1) is 25.9. The summed E-state index contributed by atoms with van der Waals surface area (Å²) in [6, 6.07) is 13.1. The summed E-state index contributed by atoms with van der Waals surface area (Å²) in [5.74, 6) is 0.419. The highest BCUT2D eigenvalue weighted by Crippen LogP contribution is 2.29. The highest BCUT2D eigenvalue weighted by molar-refractivity contribution is 7.92. The molecule has 0 aliphatic carbocycles. The van der Waals surface area contributed by atoms with Crippen molar-refractivity contribution in [3.63, 3.8) is 0 Å². The average Bonchev–Trinajstić information content (AvgIpc) is 2.77. The van der Waals surface area contributed by atoms with E-state index in [9.17, 15) is 13.2 Å². The molecule has 0 spiro atoms. The molecule has 5 nitrogen and oxygen atoms in total. The summed E-state index contributed by atoms with van der Waals surface area (Å²) in [4.78, 5) is 12.6. The van der Waals surface area contributed by atoms with Crippen molar-refractivity contribution in [2.45, 2.75) is 66.3 Å². The van der Waals surface area contributed by atoms with Crippen LogP contribution in [-0.4, -0.2) is 27.1 Å². The Hall–Kier alpha value is -2.34. The third kappa shape index (κ3) is 7.09. The Labute approximate surface area is 194 Å². The van der Waals surface area contributed by atoms with Gasteiger partial charge < -0.3 is 5.32 Å². The summed E-state index contributed by atoms with van der Waals surface area (Å²) in [7, 11) is -3.47. The van der Waals surface area contributed by atoms with Gasteiger partial charge in [-0.25, -0.2) is 8.42 Å². The third-order valence-electron chi connectivity index (χ3n) is 5.99. The van der Waals surface area contributed by atoms with E-state index in [2.05, 4.69) is 19.2 Å². The second kappa shape index (κ2) is 12.0. The Kier molecular flexibility index (Phi) is 9.76. The van der Waals surface area contributed by atoms with E-state index >= 15 is 0 Å². The summed E-state index contributed by atoms with van der Waals surface area (Å²) in [6.07, 6.45) is 6.52. The fourth-order valence-electron chi connectivity index (χ4n) is 3.93. The van der Waals surface area contributed by atoms with Gasteiger partial charge in [-0.3, -0.25) is 9.10 Å². The van der Waals surface area contributed by atoms with E-state index in [-0.39, 0.29) is 12.5 Å². The first-order valence-electron chi connectivity index (χ1n) is 11.6. The Morgan fingerprint density at radius 1 is 1.06 bits per heavy atom. The minimum Gasteiger partial charge on any atom is -0.352 e. The molecule has 2 rings (SSSR count). The number of hydrogen-bond donors (Lipinski definition) is 1. The number of sulfonamides is 1. The van der Waals surface area contributed by atoms with Crippen molar-refractivity contribution in [1.29, 1.82) is 0 Å². The second-order valence-electron chi connectivity index (χ2n) is 8.53. The van der Waals surface area contributed by atoms with Crippen LogP contribution in [0.5, 0.6) is 0 Å². The number of nitrogens with one attached hydrogen (secondary N) is 1. The maximum atomic E-state index is 12.6. The Balaban J connectivity index is 2.15. The largest absolute Gasteiger partial charge is 0.352 e. The highest BCUT2D eigenvalue weighted by atomic mass is 32.2. The molecule has 2 aromatic rings. The van der Waals surface area contributed by atoms with Crippen LogP contribution in [0.1, 0.15) is 73.5 Å². The van der Waals surface area contributed by atoms with Crippen LogP contribution >= 0.6 is 0 Å². The molecule has 6 heteroatoms. The molecule has 0 radical (unpaired) electrons. The topological polar surface area (TPSA) is 66.5 Å². The zero-order valence-corrected chi connectivity index (χ0v) is 21.0. The first-order valence-corrected chi connectivity index (χ1v) is 13.5. The van der Waals surface area contributed by atoms with Crippen molar-refractivity contribution in [3.8, 4) is 0 Å². The van der Waals surface area contributed by atoms with Crippen molar-refractivity contribution in [1.82, 2.24) is 5.32 Å². The SMILES string of the molecule is CCCC[C@H](CC)CNC(=O)c1ccc(CN(c2c(C)cccc2CC)S(C)(=O)=O)cc1. The van der Waals surface area contributed by atoms with Gasteiger partial charge in [-0.15, -0.1) is 0 Å². The van der Waals surface area contributed by atoms with Gasteiger partial charge >= 0.3 is 0 Å². The molecule has 176 valence electrons. The number of hydrogen-bond acceptors (Lipinski definition) is 3. The molecule has 1 atom stereocenters. The number of carbonyl (C=O) groups excluding carboxylic acids is 1. The molecule has 0 aliphatic rings. The predicted molar refractivity (Wildman–Crippen MR) is 134 cm³/mol. The molecule has 0 aromatic heterocycles. The molecule has 0 unspecified atom stereocenters. The zero-order valence-electron chi connectivity index (χ0n) is 20.1. The Morgan fingerprint density at radius 2 is 1.75 bits per heavy atom. The van der Waals surface area contributed by atoms with Gasteiger partial charge in [-0.1, -0.05) is 70.4 Å².